The van der Waals surface area contributed by atoms with Gasteiger partial charge in [-0.3, -0.25) is 0 Å². The van der Waals surface area contributed by atoms with Crippen LogP contribution in [-0.4, -0.2) is 49.9 Å². The molecule has 5 nitrogen and oxygen atoms in total. The van der Waals surface area contributed by atoms with Crippen LogP contribution in [0.4, 0.5) is 9.18 Å². The van der Waals surface area contributed by atoms with Crippen molar-refractivity contribution in [2.45, 2.75) is 32.2 Å². The van der Waals surface area contributed by atoms with Crippen LogP contribution in [0, 0.1) is 5.82 Å². The number of unbranched alkanes of at least 4 members (excludes halogenated alkanes) is 1. The molecule has 0 radical (unpaired) electrons. The van der Waals surface area contributed by atoms with Crippen molar-refractivity contribution < 1.29 is 18.7 Å². The van der Waals surface area contributed by atoms with E-state index in [-0.39, 0.29) is 17.9 Å². The average molecular weight is 324 g/mol. The molecule has 23 heavy (non-hydrogen) atoms. The van der Waals surface area contributed by atoms with E-state index < -0.39 is 0 Å². The number of nitrogens with zero attached hydrogens (tertiary/aromatic N) is 1. The molecule has 1 aromatic carbocycles. The van der Waals surface area contributed by atoms with E-state index in [4.69, 9.17) is 9.47 Å². The summed E-state index contributed by atoms with van der Waals surface area (Å²) in [5.41, 5.74) is 0. The summed E-state index contributed by atoms with van der Waals surface area (Å²) in [7, 11) is 0. The van der Waals surface area contributed by atoms with E-state index >= 15 is 0 Å². The first kappa shape index (κ1) is 17.5. The molecule has 1 atom stereocenters. The smallest absolute Gasteiger partial charge is 0.317 e. The lowest BCUT2D eigenvalue weighted by Crippen LogP contribution is -2.45. The second-order valence-electron chi connectivity index (χ2n) is 5.68. The molecule has 1 N–H and O–H groups in total. The van der Waals surface area contributed by atoms with Gasteiger partial charge in [-0.15, -0.1) is 0 Å². The average Bonchev–Trinajstić information content (AvgIpc) is 2.77. The van der Waals surface area contributed by atoms with Crippen LogP contribution < -0.4 is 10.1 Å². The summed E-state index contributed by atoms with van der Waals surface area (Å²) in [6, 6.07) is 6.16. The fourth-order valence-corrected chi connectivity index (χ4v) is 2.44. The Morgan fingerprint density at radius 3 is 2.91 bits per heavy atom. The molecule has 0 saturated carbocycles. The molecule has 1 aliphatic rings. The van der Waals surface area contributed by atoms with Gasteiger partial charge in [0, 0.05) is 25.7 Å². The Balaban J connectivity index is 1.57. The van der Waals surface area contributed by atoms with Crippen molar-refractivity contribution in [1.82, 2.24) is 10.2 Å². The zero-order valence-electron chi connectivity index (χ0n) is 13.6. The molecule has 0 unspecified atom stereocenters. The predicted molar refractivity (Wildman–Crippen MR) is 86.1 cm³/mol. The maximum Gasteiger partial charge on any atom is 0.317 e. The first-order chi connectivity index (χ1) is 11.2. The molecule has 1 aliphatic heterocycles. The predicted octanol–water partition coefficient (Wildman–Crippen LogP) is 2.81. The number of carbonyl (C=O) groups excluding carboxylic acids is 1. The van der Waals surface area contributed by atoms with Crippen molar-refractivity contribution in [2.75, 3.05) is 32.9 Å². The summed E-state index contributed by atoms with van der Waals surface area (Å²) in [6.45, 7) is 5.17. The lowest BCUT2D eigenvalue weighted by atomic mass is 10.2. The van der Waals surface area contributed by atoms with Gasteiger partial charge in [0.1, 0.15) is 11.6 Å². The van der Waals surface area contributed by atoms with Crippen molar-refractivity contribution in [3.8, 4) is 5.75 Å². The minimum atomic E-state index is -0.270. The Bertz CT molecular complexity index is 481. The summed E-state index contributed by atoms with van der Waals surface area (Å²) in [5.74, 6) is 0.391. The Morgan fingerprint density at radius 1 is 1.35 bits per heavy atom. The number of ether oxygens (including phenoxy) is 2. The normalized spacial score (nSPS) is 18.3. The number of amides is 2. The van der Waals surface area contributed by atoms with Crippen LogP contribution in [-0.2, 0) is 4.74 Å². The lowest BCUT2D eigenvalue weighted by molar-refractivity contribution is 0.142. The summed E-state index contributed by atoms with van der Waals surface area (Å²) >= 11 is 0. The molecular weight excluding hydrogens is 299 g/mol. The maximum absolute atomic E-state index is 12.7. The van der Waals surface area contributed by atoms with Gasteiger partial charge in [0.25, 0.3) is 0 Å². The number of halogens is 1. The van der Waals surface area contributed by atoms with Gasteiger partial charge in [0.2, 0.25) is 0 Å². The van der Waals surface area contributed by atoms with E-state index in [0.29, 0.717) is 38.7 Å². The first-order valence-corrected chi connectivity index (χ1v) is 8.17. The summed E-state index contributed by atoms with van der Waals surface area (Å²) in [6.07, 6.45) is 2.54. The van der Waals surface area contributed by atoms with E-state index in [2.05, 4.69) is 5.32 Å². The van der Waals surface area contributed by atoms with E-state index in [1.54, 1.807) is 12.1 Å². The molecule has 2 amide bonds. The van der Waals surface area contributed by atoms with E-state index in [9.17, 15) is 9.18 Å². The number of rotatable bonds is 6. The Kier molecular flexibility index (Phi) is 7.13. The van der Waals surface area contributed by atoms with Gasteiger partial charge in [0.05, 0.1) is 13.2 Å². The standard InChI is InChI=1S/C17H25FN2O3/c1-14-8-12-22-13-10-20(14)17(21)19-9-2-3-11-23-16-6-4-15(18)5-7-16/h4-7,14H,2-3,8-13H2,1H3,(H,19,21)/t14-/m1/s1. The third-order valence-corrected chi connectivity index (χ3v) is 3.88. The van der Waals surface area contributed by atoms with Crippen LogP contribution in [0.5, 0.6) is 5.75 Å². The van der Waals surface area contributed by atoms with Crippen LogP contribution in [0.25, 0.3) is 0 Å². The summed E-state index contributed by atoms with van der Waals surface area (Å²) < 4.78 is 23.7. The zero-order chi connectivity index (χ0) is 16.5. The molecule has 0 bridgehead atoms. The van der Waals surface area contributed by atoms with Crippen molar-refractivity contribution in [1.29, 1.82) is 0 Å². The van der Waals surface area contributed by atoms with E-state index in [0.717, 1.165) is 19.3 Å². The fraction of sp³-hybridized carbons (Fsp3) is 0.588. The topological polar surface area (TPSA) is 50.8 Å². The van der Waals surface area contributed by atoms with Crippen LogP contribution in [0.1, 0.15) is 26.2 Å². The number of hydrogen-bond acceptors (Lipinski definition) is 3. The quantitative estimate of drug-likeness (QED) is 0.819. The summed E-state index contributed by atoms with van der Waals surface area (Å²) in [5, 5.41) is 2.94. The van der Waals surface area contributed by atoms with Gasteiger partial charge in [0.15, 0.2) is 0 Å². The number of urea groups is 1. The van der Waals surface area contributed by atoms with Crippen LogP contribution in [0.3, 0.4) is 0 Å². The molecule has 1 fully saturated rings. The summed E-state index contributed by atoms with van der Waals surface area (Å²) in [4.78, 5) is 14.0. The second-order valence-corrected chi connectivity index (χ2v) is 5.68. The van der Waals surface area contributed by atoms with Crippen molar-refractivity contribution in [3.05, 3.63) is 30.1 Å². The highest BCUT2D eigenvalue weighted by molar-refractivity contribution is 5.74. The second kappa shape index (κ2) is 9.35. The Hall–Kier alpha value is -1.82. The zero-order valence-corrected chi connectivity index (χ0v) is 13.6. The Labute approximate surface area is 136 Å². The molecule has 6 heteroatoms. The third-order valence-electron chi connectivity index (χ3n) is 3.88. The molecule has 128 valence electrons. The van der Waals surface area contributed by atoms with Gasteiger partial charge in [-0.2, -0.15) is 0 Å². The molecular formula is C17H25FN2O3. The van der Waals surface area contributed by atoms with Gasteiger partial charge < -0.3 is 19.7 Å². The monoisotopic (exact) mass is 324 g/mol. The van der Waals surface area contributed by atoms with Gasteiger partial charge in [-0.05, 0) is 50.5 Å². The van der Waals surface area contributed by atoms with Crippen molar-refractivity contribution >= 4 is 6.03 Å². The van der Waals surface area contributed by atoms with Crippen LogP contribution in [0.2, 0.25) is 0 Å². The molecule has 0 aliphatic carbocycles. The first-order valence-electron chi connectivity index (χ1n) is 8.17. The molecule has 1 aromatic rings. The third kappa shape index (κ3) is 6.06. The number of hydrogen-bond donors (Lipinski definition) is 1. The minimum absolute atomic E-state index is 0.0255. The number of carbonyl (C=O) groups is 1. The molecule has 0 spiro atoms. The van der Waals surface area contributed by atoms with Gasteiger partial charge >= 0.3 is 6.03 Å². The minimum Gasteiger partial charge on any atom is -0.494 e. The van der Waals surface area contributed by atoms with Gasteiger partial charge in [-0.1, -0.05) is 0 Å². The lowest BCUT2D eigenvalue weighted by Gasteiger charge is -2.26. The number of nitrogens with one attached hydrogen (secondary N) is 1. The molecule has 2 rings (SSSR count). The molecule has 1 saturated heterocycles. The molecule has 1 heterocycles. The number of benzene rings is 1. The fourth-order valence-electron chi connectivity index (χ4n) is 2.44. The van der Waals surface area contributed by atoms with Crippen molar-refractivity contribution in [3.63, 3.8) is 0 Å². The van der Waals surface area contributed by atoms with Crippen LogP contribution in [0.15, 0.2) is 24.3 Å². The highest BCUT2D eigenvalue weighted by Crippen LogP contribution is 2.11. The highest BCUT2D eigenvalue weighted by Gasteiger charge is 2.21. The van der Waals surface area contributed by atoms with E-state index in [1.165, 1.54) is 12.1 Å². The van der Waals surface area contributed by atoms with E-state index in [1.807, 2.05) is 11.8 Å². The SMILES string of the molecule is C[C@@H]1CCOCCN1C(=O)NCCCCOc1ccc(F)cc1. The van der Waals surface area contributed by atoms with Crippen molar-refractivity contribution in [2.24, 2.45) is 0 Å². The maximum atomic E-state index is 12.7. The largest absolute Gasteiger partial charge is 0.494 e. The van der Waals surface area contributed by atoms with Gasteiger partial charge in [-0.25, -0.2) is 9.18 Å². The Morgan fingerprint density at radius 2 is 2.13 bits per heavy atom. The highest BCUT2D eigenvalue weighted by atomic mass is 19.1. The van der Waals surface area contributed by atoms with Crippen LogP contribution >= 0.6 is 0 Å². The molecule has 0 aromatic heterocycles.